The molecule has 1 saturated heterocycles. The summed E-state index contributed by atoms with van der Waals surface area (Å²) in [7, 11) is 0. The molecule has 4 N–H and O–H groups in total. The topological polar surface area (TPSA) is 105 Å². The minimum atomic E-state index is -0.833. The van der Waals surface area contributed by atoms with Crippen molar-refractivity contribution in [3.63, 3.8) is 0 Å². The molecule has 1 aromatic carbocycles. The maximum absolute atomic E-state index is 12.0. The summed E-state index contributed by atoms with van der Waals surface area (Å²) in [6.45, 7) is 8.25. The van der Waals surface area contributed by atoms with Gasteiger partial charge in [0.1, 0.15) is 5.75 Å². The van der Waals surface area contributed by atoms with Gasteiger partial charge in [0, 0.05) is 32.6 Å². The van der Waals surface area contributed by atoms with Gasteiger partial charge in [0.2, 0.25) is 0 Å². The Labute approximate surface area is 161 Å². The second kappa shape index (κ2) is 12.2. The van der Waals surface area contributed by atoms with Crippen LogP contribution in [0.2, 0.25) is 0 Å². The molecule has 0 radical (unpaired) electrons. The minimum absolute atomic E-state index is 0.0118. The monoisotopic (exact) mass is 379 g/mol. The summed E-state index contributed by atoms with van der Waals surface area (Å²) in [5.74, 6) is 0.715. The van der Waals surface area contributed by atoms with E-state index in [4.69, 9.17) is 20.4 Å². The van der Waals surface area contributed by atoms with E-state index in [1.807, 2.05) is 12.1 Å². The van der Waals surface area contributed by atoms with Crippen LogP contribution in [0.4, 0.5) is 4.79 Å². The van der Waals surface area contributed by atoms with Crippen molar-refractivity contribution >= 4 is 12.0 Å². The Kier molecular flexibility index (Phi) is 10.3. The smallest absolute Gasteiger partial charge is 0.317 e. The highest BCUT2D eigenvalue weighted by atomic mass is 16.5. The lowest BCUT2D eigenvalue weighted by atomic mass is 10.1. The van der Waals surface area contributed by atoms with Crippen molar-refractivity contribution in [2.45, 2.75) is 46.1 Å². The summed E-state index contributed by atoms with van der Waals surface area (Å²) in [6.07, 6.45) is 2.74. The molecule has 1 aliphatic heterocycles. The van der Waals surface area contributed by atoms with Gasteiger partial charge in [-0.2, -0.15) is 0 Å². The molecule has 0 aliphatic carbocycles. The lowest BCUT2D eigenvalue weighted by molar-refractivity contribution is -0.134. The minimum Gasteiger partial charge on any atom is -0.494 e. The fraction of sp³-hybridized carbons (Fsp3) is 0.600. The Morgan fingerprint density at radius 1 is 1.41 bits per heavy atom. The van der Waals surface area contributed by atoms with Gasteiger partial charge in [-0.05, 0) is 42.9 Å². The van der Waals surface area contributed by atoms with E-state index in [0.717, 1.165) is 45.1 Å². The zero-order chi connectivity index (χ0) is 20.2. The number of aliphatic carboxylic acids is 1. The second-order valence-corrected chi connectivity index (χ2v) is 7.17. The normalized spacial score (nSPS) is 15.9. The lowest BCUT2D eigenvalue weighted by Crippen LogP contribution is -2.40. The van der Waals surface area contributed by atoms with Crippen LogP contribution in [0.5, 0.6) is 5.75 Å². The molecule has 7 heteroatoms. The Bertz CT molecular complexity index is 588. The maximum atomic E-state index is 12.0. The van der Waals surface area contributed by atoms with Gasteiger partial charge >= 0.3 is 6.03 Å². The third kappa shape index (κ3) is 10.5. The molecule has 1 aromatic rings. The SMILES string of the molecule is CC(=O)O.CC(C)CCOc1cccc(CCNC(=O)N2CCC(N)C2)c1. The van der Waals surface area contributed by atoms with E-state index in [1.165, 1.54) is 5.56 Å². The summed E-state index contributed by atoms with van der Waals surface area (Å²) >= 11 is 0. The van der Waals surface area contributed by atoms with Gasteiger partial charge in [-0.15, -0.1) is 0 Å². The highest BCUT2D eigenvalue weighted by Crippen LogP contribution is 2.15. The Morgan fingerprint density at radius 2 is 2.11 bits per heavy atom. The molecule has 1 heterocycles. The van der Waals surface area contributed by atoms with Crippen LogP contribution in [0, 0.1) is 5.92 Å². The predicted octanol–water partition coefficient (Wildman–Crippen LogP) is 2.49. The fourth-order valence-electron chi connectivity index (χ4n) is 2.60. The number of nitrogens with one attached hydrogen (secondary N) is 1. The molecular weight excluding hydrogens is 346 g/mol. The number of hydrogen-bond acceptors (Lipinski definition) is 4. The van der Waals surface area contributed by atoms with Gasteiger partial charge in [0.25, 0.3) is 5.97 Å². The van der Waals surface area contributed by atoms with Crippen molar-refractivity contribution in [2.24, 2.45) is 11.7 Å². The van der Waals surface area contributed by atoms with Crippen LogP contribution < -0.4 is 15.8 Å². The fourth-order valence-corrected chi connectivity index (χ4v) is 2.60. The first-order chi connectivity index (χ1) is 12.8. The van der Waals surface area contributed by atoms with Crippen LogP contribution in [-0.4, -0.2) is 54.3 Å². The van der Waals surface area contributed by atoms with Crippen LogP contribution in [0.15, 0.2) is 24.3 Å². The van der Waals surface area contributed by atoms with Crippen LogP contribution >= 0.6 is 0 Å². The summed E-state index contributed by atoms with van der Waals surface area (Å²) < 4.78 is 5.77. The summed E-state index contributed by atoms with van der Waals surface area (Å²) in [5.41, 5.74) is 6.99. The first-order valence-electron chi connectivity index (χ1n) is 9.47. The average Bonchev–Trinajstić information content (AvgIpc) is 3.01. The van der Waals surface area contributed by atoms with Gasteiger partial charge in [-0.25, -0.2) is 4.79 Å². The molecule has 1 fully saturated rings. The lowest BCUT2D eigenvalue weighted by Gasteiger charge is -2.16. The largest absolute Gasteiger partial charge is 0.494 e. The first kappa shape index (κ1) is 22.8. The van der Waals surface area contributed by atoms with Crippen LogP contribution in [-0.2, 0) is 11.2 Å². The van der Waals surface area contributed by atoms with E-state index in [1.54, 1.807) is 4.90 Å². The number of hydrogen-bond donors (Lipinski definition) is 3. The quantitative estimate of drug-likeness (QED) is 0.675. The van der Waals surface area contributed by atoms with Gasteiger partial charge in [0.15, 0.2) is 0 Å². The van der Waals surface area contributed by atoms with E-state index in [2.05, 4.69) is 31.3 Å². The van der Waals surface area contributed by atoms with E-state index < -0.39 is 5.97 Å². The number of carboxylic acids is 1. The molecular formula is C20H33N3O4. The molecule has 1 unspecified atom stereocenters. The molecule has 0 saturated carbocycles. The molecule has 1 aliphatic rings. The number of carboxylic acid groups (broad SMARTS) is 1. The van der Waals surface area contributed by atoms with Crippen molar-refractivity contribution in [2.75, 3.05) is 26.2 Å². The number of nitrogens with zero attached hydrogens (tertiary/aromatic N) is 1. The van der Waals surface area contributed by atoms with Gasteiger partial charge in [-0.1, -0.05) is 26.0 Å². The highest BCUT2D eigenvalue weighted by Gasteiger charge is 2.22. The number of rotatable bonds is 7. The number of benzene rings is 1. The third-order valence-electron chi connectivity index (χ3n) is 4.06. The van der Waals surface area contributed by atoms with Crippen molar-refractivity contribution < 1.29 is 19.4 Å². The molecule has 152 valence electrons. The van der Waals surface area contributed by atoms with Crippen molar-refractivity contribution in [3.05, 3.63) is 29.8 Å². The average molecular weight is 380 g/mol. The summed E-state index contributed by atoms with van der Waals surface area (Å²) in [6, 6.07) is 8.21. The van der Waals surface area contributed by atoms with Crippen molar-refractivity contribution in [1.82, 2.24) is 10.2 Å². The number of nitrogens with two attached hydrogens (primary N) is 1. The number of amides is 2. The Hall–Kier alpha value is -2.28. The number of carbonyl (C=O) groups is 2. The third-order valence-corrected chi connectivity index (χ3v) is 4.06. The Balaban J connectivity index is 0.000000828. The van der Waals surface area contributed by atoms with E-state index in [-0.39, 0.29) is 12.1 Å². The molecule has 1 atom stereocenters. The first-order valence-corrected chi connectivity index (χ1v) is 9.47. The number of ether oxygens (including phenoxy) is 1. The number of likely N-dealkylation sites (tertiary alicyclic amines) is 1. The highest BCUT2D eigenvalue weighted by molar-refractivity contribution is 5.74. The molecule has 0 aromatic heterocycles. The molecule has 2 amide bonds. The summed E-state index contributed by atoms with van der Waals surface area (Å²) in [5, 5.41) is 10.4. The van der Waals surface area contributed by atoms with Crippen LogP contribution in [0.3, 0.4) is 0 Å². The van der Waals surface area contributed by atoms with Gasteiger partial charge in [-0.3, -0.25) is 4.79 Å². The van der Waals surface area contributed by atoms with Crippen LogP contribution in [0.1, 0.15) is 39.2 Å². The molecule has 2 rings (SSSR count). The van der Waals surface area contributed by atoms with E-state index in [9.17, 15) is 4.79 Å². The molecule has 27 heavy (non-hydrogen) atoms. The van der Waals surface area contributed by atoms with E-state index in [0.29, 0.717) is 19.0 Å². The molecule has 0 spiro atoms. The predicted molar refractivity (Wildman–Crippen MR) is 106 cm³/mol. The van der Waals surface area contributed by atoms with Crippen molar-refractivity contribution in [3.8, 4) is 5.75 Å². The van der Waals surface area contributed by atoms with Gasteiger partial charge < -0.3 is 25.8 Å². The molecule has 0 bridgehead atoms. The van der Waals surface area contributed by atoms with Gasteiger partial charge in [0.05, 0.1) is 6.61 Å². The van der Waals surface area contributed by atoms with E-state index >= 15 is 0 Å². The standard InChI is InChI=1S/C18H29N3O2.C2H4O2/c1-14(2)8-11-23-17-5-3-4-15(12-17)6-9-20-18(22)21-10-7-16(19)13-21;1-2(3)4/h3-5,12,14,16H,6-11,13,19H2,1-2H3,(H,20,22);1H3,(H,3,4). The zero-order valence-corrected chi connectivity index (χ0v) is 16.6. The van der Waals surface area contributed by atoms with Crippen molar-refractivity contribution in [1.29, 1.82) is 0 Å². The number of urea groups is 1. The molecule has 7 nitrogen and oxygen atoms in total. The summed E-state index contributed by atoms with van der Waals surface area (Å²) in [4.78, 5) is 22.8. The second-order valence-electron chi connectivity index (χ2n) is 7.17. The number of carbonyl (C=O) groups excluding carboxylic acids is 1. The van der Waals surface area contributed by atoms with Crippen LogP contribution in [0.25, 0.3) is 0 Å². The Morgan fingerprint density at radius 3 is 2.70 bits per heavy atom. The zero-order valence-electron chi connectivity index (χ0n) is 16.6. The maximum Gasteiger partial charge on any atom is 0.317 e.